The molecule has 0 aliphatic carbocycles. The van der Waals surface area contributed by atoms with Crippen molar-refractivity contribution in [2.45, 2.75) is 11.4 Å². The van der Waals surface area contributed by atoms with E-state index >= 15 is 0 Å². The minimum absolute atomic E-state index is 0. The summed E-state index contributed by atoms with van der Waals surface area (Å²) in [5.74, 6) is 0. The van der Waals surface area contributed by atoms with E-state index in [0.29, 0.717) is 5.71 Å². The molecule has 0 aliphatic heterocycles. The standard InChI is InChI=1S/2CH5AsO3.3Na/c2*1-2(3,4)5;;;/h2*1H3,(H2,3,4,5);;;/q;;3*+1/p-3. The van der Waals surface area contributed by atoms with Crippen LogP contribution in [0.3, 0.4) is 0 Å². The molecule has 0 aromatic carbocycles. The van der Waals surface area contributed by atoms with Crippen molar-refractivity contribution in [2.24, 2.45) is 0 Å². The summed E-state index contributed by atoms with van der Waals surface area (Å²) in [6, 6.07) is 0. The summed E-state index contributed by atoms with van der Waals surface area (Å²) in [5, 5.41) is 0. The second-order valence-electron chi connectivity index (χ2n) is 1.57. The fourth-order valence-corrected chi connectivity index (χ4v) is 0. The zero-order chi connectivity index (χ0) is 9.00. The Morgan fingerprint density at radius 3 is 0.923 bits per heavy atom. The van der Waals surface area contributed by atoms with Crippen molar-refractivity contribution in [3.63, 3.8) is 0 Å². The molecule has 6 nitrogen and oxygen atoms in total. The van der Waals surface area contributed by atoms with E-state index in [0.717, 1.165) is 5.71 Å². The molecule has 0 saturated heterocycles. The van der Waals surface area contributed by atoms with Gasteiger partial charge in [0, 0.05) is 0 Å². The average Bonchev–Trinajstić information content (AvgIpc) is 1.12. The Morgan fingerprint density at radius 2 is 0.923 bits per heavy atom. The third kappa shape index (κ3) is 226. The van der Waals surface area contributed by atoms with Gasteiger partial charge in [-0.1, -0.05) is 0 Å². The average molecular weight is 346 g/mol. The number of hydrogen-bond donors (Lipinski definition) is 1. The SMILES string of the molecule is C[As](=O)([O-])O.C[As](=O)([O-])[O-].[Na+].[Na+].[Na+]. The van der Waals surface area contributed by atoms with Crippen LogP contribution in [-0.2, 0) is 7.48 Å². The van der Waals surface area contributed by atoms with Gasteiger partial charge in [-0.15, -0.1) is 0 Å². The van der Waals surface area contributed by atoms with E-state index in [-0.39, 0.29) is 88.7 Å². The fourth-order valence-electron chi connectivity index (χ4n) is 0. The largest absolute Gasteiger partial charge is 1.00 e. The van der Waals surface area contributed by atoms with Gasteiger partial charge in [0.1, 0.15) is 0 Å². The van der Waals surface area contributed by atoms with Crippen LogP contribution in [0.2, 0.25) is 11.4 Å². The monoisotopic (exact) mass is 346 g/mol. The predicted molar refractivity (Wildman–Crippen MR) is 26.8 cm³/mol. The molecule has 13 heavy (non-hydrogen) atoms. The Bertz CT molecular complexity index is 136. The van der Waals surface area contributed by atoms with Crippen molar-refractivity contribution in [1.29, 1.82) is 0 Å². The van der Waals surface area contributed by atoms with Crippen LogP contribution >= 0.6 is 0 Å². The zero-order valence-electron chi connectivity index (χ0n) is 8.38. The van der Waals surface area contributed by atoms with Crippen LogP contribution in [0.15, 0.2) is 0 Å². The summed E-state index contributed by atoms with van der Waals surface area (Å²) < 4.78 is 53.6. The molecule has 1 atom stereocenters. The molecular weight excluding hydrogens is 339 g/mol. The van der Waals surface area contributed by atoms with Crippen LogP contribution in [-0.4, -0.2) is 32.4 Å². The van der Waals surface area contributed by atoms with Crippen LogP contribution in [0.5, 0.6) is 0 Å². The summed E-state index contributed by atoms with van der Waals surface area (Å²) in [5.41, 5.74) is 1.50. The number of hydrogen-bond acceptors (Lipinski definition) is 5. The van der Waals surface area contributed by atoms with E-state index in [1.165, 1.54) is 0 Å². The van der Waals surface area contributed by atoms with Gasteiger partial charge in [0.2, 0.25) is 0 Å². The fraction of sp³-hybridized carbons (Fsp3) is 1.00. The molecule has 0 amide bonds. The van der Waals surface area contributed by atoms with Gasteiger partial charge in [0.05, 0.1) is 0 Å². The van der Waals surface area contributed by atoms with Gasteiger partial charge in [-0.3, -0.25) is 0 Å². The molecule has 1 unspecified atom stereocenters. The van der Waals surface area contributed by atoms with Gasteiger partial charge in [0.15, 0.2) is 0 Å². The van der Waals surface area contributed by atoms with E-state index in [9.17, 15) is 7.84 Å². The molecular formula is C2H7As2Na3O6. The molecule has 1 N–H and O–H groups in total. The summed E-state index contributed by atoms with van der Waals surface area (Å²) in [6.45, 7) is 0. The second-order valence-corrected chi connectivity index (χ2v) is 8.18. The maximum atomic E-state index is 9.28. The van der Waals surface area contributed by atoms with E-state index in [1.807, 2.05) is 0 Å². The first kappa shape index (κ1) is 30.0. The normalized spacial score (nSPS) is 12.8. The maximum Gasteiger partial charge on any atom is 1.00 e. The smallest absolute Gasteiger partial charge is 1.00 e. The second kappa shape index (κ2) is 13.6. The van der Waals surface area contributed by atoms with E-state index in [1.54, 1.807) is 0 Å². The first-order chi connectivity index (χ1) is 4.00. The van der Waals surface area contributed by atoms with Gasteiger partial charge >= 0.3 is 152 Å². The molecule has 0 aromatic heterocycles. The first-order valence-corrected chi connectivity index (χ1v) is 10.4. The minimum atomic E-state index is -4.62. The van der Waals surface area contributed by atoms with Crippen molar-refractivity contribution < 1.29 is 113 Å². The van der Waals surface area contributed by atoms with Crippen LogP contribution in [0.4, 0.5) is 0 Å². The third-order valence-corrected chi connectivity index (χ3v) is 0. The zero-order valence-corrected chi connectivity index (χ0v) is 18.1. The number of rotatable bonds is 0. The van der Waals surface area contributed by atoms with Crippen molar-refractivity contribution in [3.05, 3.63) is 0 Å². The van der Waals surface area contributed by atoms with Gasteiger partial charge in [0.25, 0.3) is 0 Å². The van der Waals surface area contributed by atoms with Crippen LogP contribution in [0.1, 0.15) is 0 Å². The molecule has 0 heterocycles. The van der Waals surface area contributed by atoms with Crippen molar-refractivity contribution in [1.82, 2.24) is 0 Å². The van der Waals surface area contributed by atoms with Gasteiger partial charge < -0.3 is 0 Å². The van der Waals surface area contributed by atoms with Crippen LogP contribution < -0.4 is 101 Å². The molecule has 11 heteroatoms. The molecule has 0 bridgehead atoms. The van der Waals surface area contributed by atoms with Crippen LogP contribution in [0.25, 0.3) is 0 Å². The third-order valence-electron chi connectivity index (χ3n) is 0. The van der Waals surface area contributed by atoms with Gasteiger partial charge in [-0.2, -0.15) is 0 Å². The van der Waals surface area contributed by atoms with E-state index < -0.39 is 28.3 Å². The Morgan fingerprint density at radius 1 is 0.923 bits per heavy atom. The molecule has 0 saturated carbocycles. The Kier molecular flexibility index (Phi) is 31.4. The molecule has 0 aromatic rings. The van der Waals surface area contributed by atoms with Crippen LogP contribution in [0, 0.1) is 0 Å². The Balaban J connectivity index is -0.0000000267. The molecule has 0 aliphatic rings. The first-order valence-electron chi connectivity index (χ1n) is 2.01. The predicted octanol–water partition coefficient (Wildman–Crippen LogP) is -12.9. The van der Waals surface area contributed by atoms with Gasteiger partial charge in [-0.25, -0.2) is 0 Å². The summed E-state index contributed by atoms with van der Waals surface area (Å²) in [4.78, 5) is 0. The molecule has 0 radical (unpaired) electrons. The van der Waals surface area contributed by atoms with E-state index in [2.05, 4.69) is 0 Å². The Labute approximate surface area is 149 Å². The maximum absolute atomic E-state index is 9.28. The van der Waals surface area contributed by atoms with E-state index in [4.69, 9.17) is 16.0 Å². The summed E-state index contributed by atoms with van der Waals surface area (Å²) in [6.07, 6.45) is 0. The summed E-state index contributed by atoms with van der Waals surface area (Å²) >= 11 is -9.00. The van der Waals surface area contributed by atoms with Gasteiger partial charge in [-0.05, 0) is 0 Å². The Hall–Kier alpha value is 3.56. The molecule has 0 fully saturated rings. The molecule has 64 valence electrons. The quantitative estimate of drug-likeness (QED) is 0.435. The minimum Gasteiger partial charge on any atom is 1.00 e. The molecule has 0 rings (SSSR count). The summed E-state index contributed by atoms with van der Waals surface area (Å²) in [7, 11) is 0. The van der Waals surface area contributed by atoms with Crippen molar-refractivity contribution in [2.75, 3.05) is 0 Å². The van der Waals surface area contributed by atoms with Crippen molar-refractivity contribution >= 4 is 28.3 Å². The molecule has 0 spiro atoms. The topological polar surface area (TPSA) is 124 Å². The van der Waals surface area contributed by atoms with Crippen molar-refractivity contribution in [3.8, 4) is 0 Å².